The van der Waals surface area contributed by atoms with Crippen LogP contribution >= 0.6 is 0 Å². The first kappa shape index (κ1) is 29.0. The maximum absolute atomic E-state index is 12.5. The van der Waals surface area contributed by atoms with Gasteiger partial charge in [-0.25, -0.2) is 20.0 Å². The molecule has 39 heavy (non-hydrogen) atoms. The van der Waals surface area contributed by atoms with Crippen molar-refractivity contribution in [1.29, 1.82) is 0 Å². The highest BCUT2D eigenvalue weighted by Gasteiger charge is 2.20. The summed E-state index contributed by atoms with van der Waals surface area (Å²) in [4.78, 5) is 36.9. The van der Waals surface area contributed by atoms with Crippen molar-refractivity contribution in [3.8, 4) is 5.75 Å². The van der Waals surface area contributed by atoms with Crippen LogP contribution in [0.5, 0.6) is 5.75 Å². The van der Waals surface area contributed by atoms with E-state index >= 15 is 0 Å². The van der Waals surface area contributed by atoms with Gasteiger partial charge in [-0.15, -0.1) is 0 Å². The summed E-state index contributed by atoms with van der Waals surface area (Å²) in [6.07, 6.45) is -1.53. The molecule has 0 saturated heterocycles. The number of nitrogens with zero attached hydrogens (tertiary/aromatic N) is 1. The van der Waals surface area contributed by atoms with Crippen LogP contribution in [0.4, 0.5) is 9.59 Å². The lowest BCUT2D eigenvalue weighted by atomic mass is 10.2. The van der Waals surface area contributed by atoms with Gasteiger partial charge in [-0.2, -0.15) is 0 Å². The number of hydrogen-bond acceptors (Lipinski definition) is 7. The molecule has 0 aliphatic heterocycles. The van der Waals surface area contributed by atoms with E-state index in [1.165, 1.54) is 5.01 Å². The molecular weight excluding hydrogens is 500 g/mol. The third-order valence-corrected chi connectivity index (χ3v) is 5.04. The highest BCUT2D eigenvalue weighted by Crippen LogP contribution is 2.15. The summed E-state index contributed by atoms with van der Waals surface area (Å²) in [5.74, 6) is 0.107. The fraction of sp³-hybridized carbons (Fsp3) is 0.276. The minimum atomic E-state index is -0.815. The fourth-order valence-electron chi connectivity index (χ4n) is 3.31. The van der Waals surface area contributed by atoms with Crippen LogP contribution < -0.4 is 21.0 Å². The van der Waals surface area contributed by atoms with Crippen molar-refractivity contribution in [2.75, 3.05) is 6.54 Å². The average Bonchev–Trinajstić information content (AvgIpc) is 2.90. The van der Waals surface area contributed by atoms with Gasteiger partial charge in [-0.05, 0) is 49.6 Å². The summed E-state index contributed by atoms with van der Waals surface area (Å²) < 4.78 is 16.2. The van der Waals surface area contributed by atoms with Gasteiger partial charge >= 0.3 is 12.2 Å². The Bertz CT molecular complexity index is 1200. The maximum Gasteiger partial charge on any atom is 0.426 e. The van der Waals surface area contributed by atoms with Crippen molar-refractivity contribution in [2.45, 2.75) is 46.1 Å². The van der Waals surface area contributed by atoms with E-state index in [4.69, 9.17) is 14.2 Å². The van der Waals surface area contributed by atoms with E-state index < -0.39 is 23.7 Å². The van der Waals surface area contributed by atoms with Crippen LogP contribution in [0.2, 0.25) is 0 Å². The molecular formula is C29H34N4O6. The van der Waals surface area contributed by atoms with Crippen LogP contribution in [0.25, 0.3) is 0 Å². The van der Waals surface area contributed by atoms with Gasteiger partial charge in [0.15, 0.2) is 0 Å². The summed E-state index contributed by atoms with van der Waals surface area (Å²) in [6.45, 7) is 5.62. The van der Waals surface area contributed by atoms with Gasteiger partial charge < -0.3 is 14.2 Å². The van der Waals surface area contributed by atoms with Crippen molar-refractivity contribution in [1.82, 2.24) is 21.3 Å². The first-order valence-corrected chi connectivity index (χ1v) is 12.4. The Labute approximate surface area is 228 Å². The number of ether oxygens (including phenoxy) is 3. The Hall–Kier alpha value is -4.57. The molecule has 0 unspecified atom stereocenters. The number of carbonyl (C=O) groups excluding carboxylic acids is 3. The number of amides is 3. The number of hydrazine groups is 2. The van der Waals surface area contributed by atoms with Crippen molar-refractivity contribution >= 4 is 18.1 Å². The summed E-state index contributed by atoms with van der Waals surface area (Å²) in [5, 5.41) is 1.38. The Balaban J connectivity index is 1.53. The lowest BCUT2D eigenvalue weighted by Gasteiger charge is -2.26. The molecule has 10 nitrogen and oxygen atoms in total. The molecule has 0 bridgehead atoms. The van der Waals surface area contributed by atoms with Crippen molar-refractivity contribution in [2.24, 2.45) is 0 Å². The zero-order chi connectivity index (χ0) is 28.1. The molecule has 0 radical (unpaired) electrons. The number of rotatable bonds is 10. The molecule has 10 heteroatoms. The third-order valence-electron chi connectivity index (χ3n) is 5.04. The van der Waals surface area contributed by atoms with E-state index in [9.17, 15) is 14.4 Å². The van der Waals surface area contributed by atoms with Crippen molar-refractivity contribution in [3.05, 3.63) is 102 Å². The van der Waals surface area contributed by atoms with E-state index in [2.05, 4.69) is 16.3 Å². The van der Waals surface area contributed by atoms with E-state index in [0.717, 1.165) is 16.7 Å². The third kappa shape index (κ3) is 11.6. The van der Waals surface area contributed by atoms with E-state index in [1.54, 1.807) is 20.8 Å². The Morgan fingerprint density at radius 3 is 1.90 bits per heavy atom. The highest BCUT2D eigenvalue weighted by atomic mass is 16.6. The summed E-state index contributed by atoms with van der Waals surface area (Å²) in [5.41, 5.74) is 9.01. The van der Waals surface area contributed by atoms with Gasteiger partial charge in [-0.1, -0.05) is 72.8 Å². The van der Waals surface area contributed by atoms with Crippen LogP contribution in [-0.2, 0) is 34.0 Å². The lowest BCUT2D eigenvalue weighted by Crippen LogP contribution is -2.51. The van der Waals surface area contributed by atoms with Crippen LogP contribution in [0, 0.1) is 0 Å². The molecule has 3 rings (SSSR count). The molecule has 0 aliphatic carbocycles. The normalized spacial score (nSPS) is 10.9. The molecule has 206 valence electrons. The Morgan fingerprint density at radius 1 is 0.718 bits per heavy atom. The fourth-order valence-corrected chi connectivity index (χ4v) is 3.31. The summed E-state index contributed by atoms with van der Waals surface area (Å²) in [7, 11) is 0. The standard InChI is InChI=1S/C29H34N4O6/c1-29(2,3)39-28(36)32-33(19-26(34)30-31-27(35)38-21-24-12-8-5-9-13-24)18-22-14-16-25(17-15-22)37-20-23-10-6-4-7-11-23/h4-17H,18-21H2,1-3H3,(H,30,34)(H,31,35)(H,32,36). The van der Waals surface area contributed by atoms with E-state index in [-0.39, 0.29) is 19.7 Å². The number of nitrogens with one attached hydrogen (secondary N) is 3. The minimum Gasteiger partial charge on any atom is -0.489 e. The molecule has 0 aliphatic rings. The quantitative estimate of drug-likeness (QED) is 0.329. The topological polar surface area (TPSA) is 118 Å². The zero-order valence-corrected chi connectivity index (χ0v) is 22.3. The number of benzene rings is 3. The van der Waals surface area contributed by atoms with Crippen LogP contribution in [0.1, 0.15) is 37.5 Å². The highest BCUT2D eigenvalue weighted by molar-refractivity contribution is 5.81. The second-order valence-electron chi connectivity index (χ2n) is 9.62. The van der Waals surface area contributed by atoms with Crippen molar-refractivity contribution < 1.29 is 28.6 Å². The molecule has 3 aromatic carbocycles. The predicted octanol–water partition coefficient (Wildman–Crippen LogP) is 4.46. The van der Waals surface area contributed by atoms with Gasteiger partial charge in [0.25, 0.3) is 5.91 Å². The number of carbonyl (C=O) groups is 3. The van der Waals surface area contributed by atoms with E-state index in [1.807, 2.05) is 84.9 Å². The molecule has 0 spiro atoms. The number of hydrogen-bond donors (Lipinski definition) is 3. The minimum absolute atomic E-state index is 0.0555. The first-order valence-electron chi connectivity index (χ1n) is 12.4. The first-order chi connectivity index (χ1) is 18.7. The van der Waals surface area contributed by atoms with Gasteiger partial charge in [0.1, 0.15) is 24.6 Å². The van der Waals surface area contributed by atoms with Crippen LogP contribution in [-0.4, -0.2) is 35.2 Å². The zero-order valence-electron chi connectivity index (χ0n) is 22.3. The van der Waals surface area contributed by atoms with Crippen LogP contribution in [0.3, 0.4) is 0 Å². The molecule has 0 heterocycles. The molecule has 3 N–H and O–H groups in total. The maximum atomic E-state index is 12.5. The van der Waals surface area contributed by atoms with Crippen LogP contribution in [0.15, 0.2) is 84.9 Å². The predicted molar refractivity (Wildman–Crippen MR) is 145 cm³/mol. The molecule has 0 fully saturated rings. The monoisotopic (exact) mass is 534 g/mol. The summed E-state index contributed by atoms with van der Waals surface area (Å²) in [6, 6.07) is 26.3. The SMILES string of the molecule is CC(C)(C)OC(=O)NN(CC(=O)NNC(=O)OCc1ccccc1)Cc1ccc(OCc2ccccc2)cc1. The summed E-state index contributed by atoms with van der Waals surface area (Å²) >= 11 is 0. The lowest BCUT2D eigenvalue weighted by molar-refractivity contribution is -0.124. The van der Waals surface area contributed by atoms with Gasteiger partial charge in [0, 0.05) is 6.54 Å². The molecule has 3 aromatic rings. The molecule has 0 saturated carbocycles. The second kappa shape index (κ2) is 14.4. The van der Waals surface area contributed by atoms with Gasteiger partial charge in [-0.3, -0.25) is 15.6 Å². The van der Waals surface area contributed by atoms with Gasteiger partial charge in [0.2, 0.25) is 0 Å². The smallest absolute Gasteiger partial charge is 0.426 e. The largest absolute Gasteiger partial charge is 0.489 e. The van der Waals surface area contributed by atoms with Gasteiger partial charge in [0.05, 0.1) is 6.54 Å². The Morgan fingerprint density at radius 2 is 1.31 bits per heavy atom. The molecule has 3 amide bonds. The van der Waals surface area contributed by atoms with E-state index in [0.29, 0.717) is 12.4 Å². The Kier molecular flexibility index (Phi) is 10.7. The average molecular weight is 535 g/mol. The second-order valence-corrected chi connectivity index (χ2v) is 9.62. The molecule has 0 atom stereocenters. The van der Waals surface area contributed by atoms with Crippen molar-refractivity contribution in [3.63, 3.8) is 0 Å². The molecule has 0 aromatic heterocycles.